The predicted molar refractivity (Wildman–Crippen MR) is 136 cm³/mol. The fraction of sp³-hybridized carbons (Fsp3) is 0.348. The molecule has 2 aromatic rings. The van der Waals surface area contributed by atoms with Gasteiger partial charge >= 0.3 is 0 Å². The maximum absolute atomic E-state index is 12.0. The van der Waals surface area contributed by atoms with Gasteiger partial charge in [0.2, 0.25) is 11.8 Å². The topological polar surface area (TPSA) is 94.6 Å². The van der Waals surface area contributed by atoms with Crippen LogP contribution in [0.1, 0.15) is 37.3 Å². The highest BCUT2D eigenvalue weighted by Gasteiger charge is 2.24. The molecule has 1 aliphatic rings. The summed E-state index contributed by atoms with van der Waals surface area (Å²) in [5.74, 6) is 0.783. The Kier molecular flexibility index (Phi) is 9.77. The van der Waals surface area contributed by atoms with Crippen molar-refractivity contribution in [2.75, 3.05) is 30.3 Å². The van der Waals surface area contributed by atoms with Crippen LogP contribution in [0, 0.1) is 0 Å². The first kappa shape index (κ1) is 24.6. The predicted octanol–water partition coefficient (Wildman–Crippen LogP) is 3.49. The number of rotatable bonds is 7. The van der Waals surface area contributed by atoms with E-state index in [1.807, 2.05) is 49.4 Å². The van der Waals surface area contributed by atoms with E-state index in [9.17, 15) is 9.59 Å². The zero-order valence-electron chi connectivity index (χ0n) is 17.9. The van der Waals surface area contributed by atoms with Crippen LogP contribution in [0.25, 0.3) is 0 Å². The number of nitrogens with zero attached hydrogens (tertiary/aromatic N) is 1. The largest absolute Gasteiger partial charge is 0.357 e. The minimum Gasteiger partial charge on any atom is -0.357 e. The van der Waals surface area contributed by atoms with Crippen LogP contribution < -0.4 is 21.3 Å². The van der Waals surface area contributed by atoms with Gasteiger partial charge in [0.25, 0.3) is 0 Å². The molecule has 1 aliphatic heterocycles. The summed E-state index contributed by atoms with van der Waals surface area (Å²) in [6, 6.07) is 15.7. The van der Waals surface area contributed by atoms with E-state index in [1.54, 1.807) is 0 Å². The van der Waals surface area contributed by atoms with E-state index in [1.165, 1.54) is 12.5 Å². The number of aliphatic imine (C=N–C) groups is 1. The van der Waals surface area contributed by atoms with Crippen molar-refractivity contribution < 1.29 is 9.59 Å². The van der Waals surface area contributed by atoms with Gasteiger partial charge in [0.15, 0.2) is 5.96 Å². The van der Waals surface area contributed by atoms with Gasteiger partial charge < -0.3 is 21.3 Å². The third kappa shape index (κ3) is 7.54. The van der Waals surface area contributed by atoms with Crippen molar-refractivity contribution >= 4 is 53.1 Å². The number of carbonyl (C=O) groups is 2. The molecule has 0 fully saturated rings. The van der Waals surface area contributed by atoms with Crippen LogP contribution >= 0.6 is 24.0 Å². The SMILES string of the molecule is CCNC(=NCC1CC(=O)Nc2ccccc21)NCCc1ccc(NC(C)=O)cc1.I. The maximum atomic E-state index is 12.0. The molecule has 0 aliphatic carbocycles. The molecular weight excluding hydrogens is 505 g/mol. The number of hydrogen-bond acceptors (Lipinski definition) is 3. The highest BCUT2D eigenvalue weighted by Crippen LogP contribution is 2.31. The summed E-state index contributed by atoms with van der Waals surface area (Å²) in [5.41, 5.74) is 3.99. The van der Waals surface area contributed by atoms with Crippen LogP contribution in [0.2, 0.25) is 0 Å². The molecule has 2 aromatic carbocycles. The van der Waals surface area contributed by atoms with Crippen molar-refractivity contribution in [3.8, 4) is 0 Å². The second-order valence-electron chi connectivity index (χ2n) is 7.31. The number of carbonyl (C=O) groups excluding carboxylic acids is 2. The first-order valence-corrected chi connectivity index (χ1v) is 10.3. The number of benzene rings is 2. The highest BCUT2D eigenvalue weighted by molar-refractivity contribution is 14.0. The summed E-state index contributed by atoms with van der Waals surface area (Å²) in [5, 5.41) is 12.3. The lowest BCUT2D eigenvalue weighted by Gasteiger charge is -2.24. The molecule has 166 valence electrons. The minimum atomic E-state index is -0.0750. The van der Waals surface area contributed by atoms with Gasteiger partial charge in [0.1, 0.15) is 0 Å². The summed E-state index contributed by atoms with van der Waals surface area (Å²) >= 11 is 0. The van der Waals surface area contributed by atoms with E-state index >= 15 is 0 Å². The van der Waals surface area contributed by atoms with Crippen molar-refractivity contribution in [1.29, 1.82) is 0 Å². The lowest BCUT2D eigenvalue weighted by Crippen LogP contribution is -2.38. The van der Waals surface area contributed by atoms with Gasteiger partial charge in [0, 0.05) is 43.7 Å². The van der Waals surface area contributed by atoms with Crippen molar-refractivity contribution in [2.45, 2.75) is 32.6 Å². The average molecular weight is 535 g/mol. The van der Waals surface area contributed by atoms with E-state index in [0.29, 0.717) is 13.0 Å². The Labute approximate surface area is 200 Å². The monoisotopic (exact) mass is 535 g/mol. The number of halogens is 1. The van der Waals surface area contributed by atoms with Crippen LogP contribution in [-0.4, -0.2) is 37.4 Å². The van der Waals surface area contributed by atoms with Crippen LogP contribution in [0.3, 0.4) is 0 Å². The summed E-state index contributed by atoms with van der Waals surface area (Å²) in [6.45, 7) is 5.57. The Bertz CT molecular complexity index is 914. The highest BCUT2D eigenvalue weighted by atomic mass is 127. The molecule has 3 rings (SSSR count). The lowest BCUT2D eigenvalue weighted by atomic mass is 9.91. The van der Waals surface area contributed by atoms with E-state index in [4.69, 9.17) is 4.99 Å². The standard InChI is InChI=1S/C23H29N5O2.HI/c1-3-24-23(25-13-12-17-8-10-19(11-9-17)27-16(2)29)26-15-18-14-22(30)28-21-7-5-4-6-20(18)21;/h4-11,18H,3,12-15H2,1-2H3,(H,27,29)(H,28,30)(H2,24,25,26);1H. The number of anilines is 2. The molecule has 0 aromatic heterocycles. The van der Waals surface area contributed by atoms with E-state index in [-0.39, 0.29) is 41.7 Å². The fourth-order valence-corrected chi connectivity index (χ4v) is 3.49. The molecule has 7 nitrogen and oxygen atoms in total. The molecule has 1 unspecified atom stereocenters. The second kappa shape index (κ2) is 12.3. The smallest absolute Gasteiger partial charge is 0.225 e. The summed E-state index contributed by atoms with van der Waals surface area (Å²) in [7, 11) is 0. The Morgan fingerprint density at radius 1 is 1.13 bits per heavy atom. The zero-order chi connectivity index (χ0) is 21.3. The number of guanidine groups is 1. The zero-order valence-corrected chi connectivity index (χ0v) is 20.2. The number of hydrogen-bond donors (Lipinski definition) is 4. The molecule has 1 heterocycles. The van der Waals surface area contributed by atoms with Crippen LogP contribution in [0.15, 0.2) is 53.5 Å². The quantitative estimate of drug-likeness (QED) is 0.248. The van der Waals surface area contributed by atoms with Gasteiger partial charge in [-0.15, -0.1) is 24.0 Å². The third-order valence-electron chi connectivity index (χ3n) is 4.90. The second-order valence-corrected chi connectivity index (χ2v) is 7.31. The summed E-state index contributed by atoms with van der Waals surface area (Å²) in [4.78, 5) is 27.8. The Hall–Kier alpha value is -2.62. The van der Waals surface area contributed by atoms with Gasteiger partial charge in [-0.2, -0.15) is 0 Å². The molecule has 0 saturated heterocycles. The first-order chi connectivity index (χ1) is 14.5. The maximum Gasteiger partial charge on any atom is 0.225 e. The first-order valence-electron chi connectivity index (χ1n) is 10.3. The molecule has 4 N–H and O–H groups in total. The fourth-order valence-electron chi connectivity index (χ4n) is 3.49. The van der Waals surface area contributed by atoms with Gasteiger partial charge in [-0.25, -0.2) is 0 Å². The number of para-hydroxylation sites is 1. The molecule has 0 saturated carbocycles. The van der Waals surface area contributed by atoms with Gasteiger partial charge in [-0.1, -0.05) is 30.3 Å². The lowest BCUT2D eigenvalue weighted by molar-refractivity contribution is -0.117. The summed E-state index contributed by atoms with van der Waals surface area (Å²) < 4.78 is 0. The molecule has 1 atom stereocenters. The molecule has 0 bridgehead atoms. The molecule has 31 heavy (non-hydrogen) atoms. The Balaban J connectivity index is 0.00000341. The van der Waals surface area contributed by atoms with E-state index < -0.39 is 0 Å². The van der Waals surface area contributed by atoms with Crippen molar-refractivity contribution in [2.24, 2.45) is 4.99 Å². The Morgan fingerprint density at radius 3 is 2.58 bits per heavy atom. The summed E-state index contributed by atoms with van der Waals surface area (Å²) in [6.07, 6.45) is 1.28. The number of nitrogens with one attached hydrogen (secondary N) is 4. The molecular formula is C23H30IN5O2. The number of amides is 2. The van der Waals surface area contributed by atoms with E-state index in [2.05, 4.69) is 27.3 Å². The van der Waals surface area contributed by atoms with Gasteiger partial charge in [-0.05, 0) is 42.7 Å². The van der Waals surface area contributed by atoms with Crippen LogP contribution in [-0.2, 0) is 16.0 Å². The third-order valence-corrected chi connectivity index (χ3v) is 4.90. The molecule has 0 radical (unpaired) electrons. The molecule has 0 spiro atoms. The number of fused-ring (bicyclic) bond motifs is 1. The Morgan fingerprint density at radius 2 is 1.87 bits per heavy atom. The van der Waals surface area contributed by atoms with Crippen molar-refractivity contribution in [1.82, 2.24) is 10.6 Å². The van der Waals surface area contributed by atoms with Gasteiger partial charge in [0.05, 0.1) is 6.54 Å². The van der Waals surface area contributed by atoms with Crippen molar-refractivity contribution in [3.05, 3.63) is 59.7 Å². The van der Waals surface area contributed by atoms with Crippen LogP contribution in [0.4, 0.5) is 11.4 Å². The molecule has 2 amide bonds. The minimum absolute atomic E-state index is 0. The van der Waals surface area contributed by atoms with E-state index in [0.717, 1.165) is 42.4 Å². The average Bonchev–Trinajstić information content (AvgIpc) is 2.72. The molecule has 8 heteroatoms. The van der Waals surface area contributed by atoms with Crippen LogP contribution in [0.5, 0.6) is 0 Å². The normalized spacial score (nSPS) is 15.2. The van der Waals surface area contributed by atoms with Crippen molar-refractivity contribution in [3.63, 3.8) is 0 Å². The van der Waals surface area contributed by atoms with Gasteiger partial charge in [-0.3, -0.25) is 14.6 Å².